The lowest BCUT2D eigenvalue weighted by atomic mass is 10.2. The van der Waals surface area contributed by atoms with Gasteiger partial charge in [0.15, 0.2) is 5.82 Å². The first-order valence-electron chi connectivity index (χ1n) is 5.48. The molecule has 1 aromatic rings. The Hall–Kier alpha value is -1.26. The van der Waals surface area contributed by atoms with E-state index in [-0.39, 0.29) is 23.1 Å². The number of halogens is 3. The highest BCUT2D eigenvalue weighted by molar-refractivity contribution is 9.10. The van der Waals surface area contributed by atoms with E-state index < -0.39 is 36.6 Å². The first-order chi connectivity index (χ1) is 9.61. The van der Waals surface area contributed by atoms with Crippen molar-refractivity contribution < 1.29 is 22.5 Å². The van der Waals surface area contributed by atoms with Crippen LogP contribution in [-0.2, 0) is 13.8 Å². The van der Waals surface area contributed by atoms with Gasteiger partial charge >= 0.3 is 0 Å². The molecule has 0 saturated carbocycles. The Kier molecular flexibility index (Phi) is 4.22. The molecule has 1 amide bonds. The van der Waals surface area contributed by atoms with E-state index in [1.54, 1.807) is 0 Å². The summed E-state index contributed by atoms with van der Waals surface area (Å²) in [5.74, 6) is -1.63. The molecule has 1 aliphatic rings. The van der Waals surface area contributed by atoms with Crippen LogP contribution in [0.15, 0.2) is 16.6 Å². The SMILES string of the molecule is O=C1CC(S(=O)(=O)Cl)CN1c1c(F)cc([N+](=O)[O-])cc1Br. The molecule has 2 rings (SSSR count). The van der Waals surface area contributed by atoms with Gasteiger partial charge in [-0.2, -0.15) is 0 Å². The van der Waals surface area contributed by atoms with Crippen LogP contribution >= 0.6 is 26.6 Å². The quantitative estimate of drug-likeness (QED) is 0.439. The van der Waals surface area contributed by atoms with Crippen molar-refractivity contribution in [2.45, 2.75) is 11.7 Å². The average molecular weight is 402 g/mol. The minimum atomic E-state index is -3.96. The van der Waals surface area contributed by atoms with Gasteiger partial charge in [0.25, 0.3) is 5.69 Å². The number of non-ortho nitro benzene ring substituents is 1. The topological polar surface area (TPSA) is 97.6 Å². The number of nitro groups is 1. The fraction of sp³-hybridized carbons (Fsp3) is 0.300. The Morgan fingerprint density at radius 3 is 2.52 bits per heavy atom. The van der Waals surface area contributed by atoms with E-state index in [2.05, 4.69) is 15.9 Å². The molecule has 0 spiro atoms. The van der Waals surface area contributed by atoms with Gasteiger partial charge in [-0.05, 0) is 15.9 Å². The van der Waals surface area contributed by atoms with E-state index in [0.29, 0.717) is 6.07 Å². The van der Waals surface area contributed by atoms with Gasteiger partial charge in [-0.15, -0.1) is 0 Å². The van der Waals surface area contributed by atoms with Crippen molar-refractivity contribution in [3.05, 3.63) is 32.5 Å². The third-order valence-electron chi connectivity index (χ3n) is 2.97. The smallest absolute Gasteiger partial charge is 0.273 e. The number of carbonyl (C=O) groups is 1. The predicted molar refractivity (Wildman–Crippen MR) is 76.3 cm³/mol. The standard InChI is InChI=1S/C10H7BrClFN2O5S/c11-7-1-5(15(17)18)2-8(13)10(7)14-4-6(3-9(14)16)21(12,19)20/h1-2,6H,3-4H2. The summed E-state index contributed by atoms with van der Waals surface area (Å²) in [5.41, 5.74) is -0.732. The van der Waals surface area contributed by atoms with Crippen LogP contribution in [0.3, 0.4) is 0 Å². The summed E-state index contributed by atoms with van der Waals surface area (Å²) in [4.78, 5) is 22.6. The molecule has 7 nitrogen and oxygen atoms in total. The van der Waals surface area contributed by atoms with Crippen molar-refractivity contribution in [2.75, 3.05) is 11.4 Å². The number of carbonyl (C=O) groups excluding carboxylic acids is 1. The highest BCUT2D eigenvalue weighted by atomic mass is 79.9. The summed E-state index contributed by atoms with van der Waals surface area (Å²) in [6.07, 6.45) is -0.366. The van der Waals surface area contributed by atoms with Crippen LogP contribution in [-0.4, -0.2) is 31.0 Å². The zero-order valence-electron chi connectivity index (χ0n) is 10.1. The van der Waals surface area contributed by atoms with Crippen molar-refractivity contribution in [1.82, 2.24) is 0 Å². The normalized spacial score (nSPS) is 19.1. The molecule has 0 radical (unpaired) electrons. The maximum Gasteiger partial charge on any atom is 0.273 e. The molecular formula is C10H7BrClFN2O5S. The molecular weight excluding hydrogens is 395 g/mol. The lowest BCUT2D eigenvalue weighted by Crippen LogP contribution is -2.28. The van der Waals surface area contributed by atoms with E-state index in [1.165, 1.54) is 0 Å². The van der Waals surface area contributed by atoms with Crippen LogP contribution in [0.25, 0.3) is 0 Å². The molecule has 1 aromatic carbocycles. The molecule has 1 unspecified atom stereocenters. The number of benzene rings is 1. The van der Waals surface area contributed by atoms with Crippen LogP contribution in [0.5, 0.6) is 0 Å². The second-order valence-corrected chi connectivity index (χ2v) is 8.08. The Morgan fingerprint density at radius 2 is 2.10 bits per heavy atom. The van der Waals surface area contributed by atoms with Crippen LogP contribution in [0, 0.1) is 15.9 Å². The summed E-state index contributed by atoms with van der Waals surface area (Å²) in [7, 11) is 1.24. The highest BCUT2D eigenvalue weighted by Gasteiger charge is 2.40. The number of rotatable bonds is 3. The zero-order chi connectivity index (χ0) is 15.9. The molecule has 0 aliphatic carbocycles. The molecule has 1 heterocycles. The van der Waals surface area contributed by atoms with Crippen LogP contribution in [0.1, 0.15) is 6.42 Å². The highest BCUT2D eigenvalue weighted by Crippen LogP contribution is 2.36. The zero-order valence-corrected chi connectivity index (χ0v) is 13.3. The molecule has 11 heteroatoms. The molecule has 0 aromatic heterocycles. The van der Waals surface area contributed by atoms with Crippen molar-refractivity contribution in [3.63, 3.8) is 0 Å². The van der Waals surface area contributed by atoms with E-state index >= 15 is 0 Å². The van der Waals surface area contributed by atoms with Crippen molar-refractivity contribution in [1.29, 1.82) is 0 Å². The van der Waals surface area contributed by atoms with Crippen molar-refractivity contribution in [3.8, 4) is 0 Å². The molecule has 0 bridgehead atoms. The predicted octanol–water partition coefficient (Wildman–Crippen LogP) is 2.17. The lowest BCUT2D eigenvalue weighted by molar-refractivity contribution is -0.385. The van der Waals surface area contributed by atoms with E-state index in [0.717, 1.165) is 11.0 Å². The Morgan fingerprint density at radius 1 is 1.48 bits per heavy atom. The van der Waals surface area contributed by atoms with Gasteiger partial charge in [0, 0.05) is 29.7 Å². The van der Waals surface area contributed by atoms with E-state index in [1.807, 2.05) is 0 Å². The van der Waals surface area contributed by atoms with Gasteiger partial charge in [0.2, 0.25) is 15.0 Å². The summed E-state index contributed by atoms with van der Waals surface area (Å²) in [6.45, 7) is -0.308. The van der Waals surface area contributed by atoms with Gasteiger partial charge in [-0.25, -0.2) is 12.8 Å². The number of nitrogens with zero attached hydrogens (tertiary/aromatic N) is 2. The second kappa shape index (κ2) is 5.50. The van der Waals surface area contributed by atoms with Gasteiger partial charge < -0.3 is 4.90 Å². The minimum Gasteiger partial charge on any atom is -0.307 e. The third-order valence-corrected chi connectivity index (χ3v) is 5.44. The third kappa shape index (κ3) is 3.16. The number of nitro benzene ring substituents is 1. The number of amides is 1. The fourth-order valence-corrected chi connectivity index (χ4v) is 3.66. The Labute approximate surface area is 131 Å². The van der Waals surface area contributed by atoms with Crippen molar-refractivity contribution in [2.24, 2.45) is 0 Å². The van der Waals surface area contributed by atoms with Gasteiger partial charge in [0.1, 0.15) is 5.25 Å². The Balaban J connectivity index is 2.44. The van der Waals surface area contributed by atoms with Gasteiger partial charge in [0.05, 0.1) is 21.1 Å². The number of anilines is 1. The molecule has 0 N–H and O–H groups in total. The molecule has 1 fully saturated rings. The van der Waals surface area contributed by atoms with Crippen LogP contribution < -0.4 is 4.90 Å². The van der Waals surface area contributed by atoms with E-state index in [4.69, 9.17) is 10.7 Å². The summed E-state index contributed by atoms with van der Waals surface area (Å²) >= 11 is 2.95. The maximum atomic E-state index is 14.0. The number of hydrogen-bond donors (Lipinski definition) is 0. The molecule has 21 heavy (non-hydrogen) atoms. The van der Waals surface area contributed by atoms with Crippen LogP contribution in [0.4, 0.5) is 15.8 Å². The Bertz CT molecular complexity index is 718. The molecule has 1 atom stereocenters. The van der Waals surface area contributed by atoms with Crippen molar-refractivity contribution >= 4 is 52.9 Å². The van der Waals surface area contributed by atoms with E-state index in [9.17, 15) is 27.7 Å². The largest absolute Gasteiger partial charge is 0.307 e. The monoisotopic (exact) mass is 400 g/mol. The summed E-state index contributed by atoms with van der Waals surface area (Å²) in [5, 5.41) is 9.48. The first-order valence-corrected chi connectivity index (χ1v) is 8.65. The summed E-state index contributed by atoms with van der Waals surface area (Å²) in [6, 6.07) is 1.70. The maximum absolute atomic E-state index is 14.0. The second-order valence-electron chi connectivity index (χ2n) is 4.32. The number of hydrogen-bond acceptors (Lipinski definition) is 5. The summed E-state index contributed by atoms with van der Waals surface area (Å²) < 4.78 is 36.5. The first kappa shape index (κ1) is 16.1. The molecule has 1 aliphatic heterocycles. The molecule has 1 saturated heterocycles. The fourth-order valence-electron chi connectivity index (χ4n) is 1.99. The van der Waals surface area contributed by atoms with Gasteiger partial charge in [-0.1, -0.05) is 0 Å². The lowest BCUT2D eigenvalue weighted by Gasteiger charge is -2.18. The van der Waals surface area contributed by atoms with Crippen LogP contribution in [0.2, 0.25) is 0 Å². The average Bonchev–Trinajstić information content (AvgIpc) is 2.70. The van der Waals surface area contributed by atoms with Gasteiger partial charge in [-0.3, -0.25) is 14.9 Å². The minimum absolute atomic E-state index is 0.0184. The molecule has 114 valence electrons.